The molecule has 2 aliphatic heterocycles. The average molecular weight is 272 g/mol. The maximum Gasteiger partial charge on any atom is 0.163 e. The van der Waals surface area contributed by atoms with E-state index in [1.807, 2.05) is 27.7 Å². The topological polar surface area (TPSA) is 57.2 Å². The lowest BCUT2D eigenvalue weighted by Crippen LogP contribution is -2.56. The molecule has 4 atom stereocenters. The summed E-state index contributed by atoms with van der Waals surface area (Å²) in [5, 5.41) is 9.83. The third-order valence-corrected chi connectivity index (χ3v) is 4.46. The summed E-state index contributed by atoms with van der Waals surface area (Å²) in [6.45, 7) is 8.21. The summed E-state index contributed by atoms with van der Waals surface area (Å²) in [4.78, 5) is 0. The van der Waals surface area contributed by atoms with Crippen molar-refractivity contribution in [2.24, 2.45) is 5.92 Å². The Hall–Kier alpha value is -0.200. The standard InChI is InChI=1S/C14H24O5/c1-12(2)16-8-14(19-12)6-5-10-11(9(14)7-15)18-13(3,4)17-10/h9-11,15H,5-8H2,1-4H3/t9-,10+,11-,14-/m0/s1. The summed E-state index contributed by atoms with van der Waals surface area (Å²) < 4.78 is 23.8. The summed E-state index contributed by atoms with van der Waals surface area (Å²) >= 11 is 0. The van der Waals surface area contributed by atoms with Gasteiger partial charge < -0.3 is 24.1 Å². The van der Waals surface area contributed by atoms with Crippen LogP contribution >= 0.6 is 0 Å². The third-order valence-electron chi connectivity index (χ3n) is 4.46. The summed E-state index contributed by atoms with van der Waals surface area (Å²) in [7, 11) is 0. The van der Waals surface area contributed by atoms with Crippen LogP contribution in [0, 0.1) is 5.92 Å². The molecule has 0 bridgehead atoms. The van der Waals surface area contributed by atoms with Crippen molar-refractivity contribution in [3.8, 4) is 0 Å². The minimum atomic E-state index is -0.588. The smallest absolute Gasteiger partial charge is 0.163 e. The zero-order valence-corrected chi connectivity index (χ0v) is 12.1. The van der Waals surface area contributed by atoms with Crippen LogP contribution in [0.5, 0.6) is 0 Å². The van der Waals surface area contributed by atoms with Gasteiger partial charge in [0.15, 0.2) is 11.6 Å². The maximum absolute atomic E-state index is 9.83. The highest BCUT2D eigenvalue weighted by molar-refractivity contribution is 5.05. The number of hydrogen-bond donors (Lipinski definition) is 1. The quantitative estimate of drug-likeness (QED) is 0.782. The molecule has 3 fully saturated rings. The number of rotatable bonds is 1. The Morgan fingerprint density at radius 3 is 2.42 bits per heavy atom. The molecule has 1 N–H and O–H groups in total. The number of fused-ring (bicyclic) bond motifs is 1. The van der Waals surface area contributed by atoms with Crippen LogP contribution in [0.15, 0.2) is 0 Å². The lowest BCUT2D eigenvalue weighted by Gasteiger charge is -2.44. The minimum Gasteiger partial charge on any atom is -0.396 e. The van der Waals surface area contributed by atoms with E-state index in [4.69, 9.17) is 18.9 Å². The fraction of sp³-hybridized carbons (Fsp3) is 1.00. The molecule has 19 heavy (non-hydrogen) atoms. The fourth-order valence-corrected chi connectivity index (χ4v) is 3.72. The van der Waals surface area contributed by atoms with Crippen LogP contribution in [-0.2, 0) is 18.9 Å². The highest BCUT2D eigenvalue weighted by atomic mass is 16.8. The zero-order chi connectivity index (χ0) is 13.9. The Kier molecular flexibility index (Phi) is 3.01. The maximum atomic E-state index is 9.83. The summed E-state index contributed by atoms with van der Waals surface area (Å²) in [5.74, 6) is -1.27. The van der Waals surface area contributed by atoms with Crippen LogP contribution in [0.25, 0.3) is 0 Å². The van der Waals surface area contributed by atoms with Crippen molar-refractivity contribution >= 4 is 0 Å². The second-order valence-electron chi connectivity index (χ2n) is 6.82. The van der Waals surface area contributed by atoms with Crippen LogP contribution in [0.2, 0.25) is 0 Å². The predicted octanol–water partition coefficient (Wildman–Crippen LogP) is 1.43. The van der Waals surface area contributed by atoms with Gasteiger partial charge in [-0.05, 0) is 40.5 Å². The van der Waals surface area contributed by atoms with Gasteiger partial charge in [-0.3, -0.25) is 0 Å². The van der Waals surface area contributed by atoms with Crippen molar-refractivity contribution in [1.29, 1.82) is 0 Å². The van der Waals surface area contributed by atoms with Crippen molar-refractivity contribution < 1.29 is 24.1 Å². The summed E-state index contributed by atoms with van der Waals surface area (Å²) in [6, 6.07) is 0. The lowest BCUT2D eigenvalue weighted by atomic mass is 9.73. The van der Waals surface area contributed by atoms with Crippen LogP contribution < -0.4 is 0 Å². The van der Waals surface area contributed by atoms with Crippen LogP contribution in [-0.4, -0.2) is 47.7 Å². The number of ether oxygens (including phenoxy) is 4. The predicted molar refractivity (Wildman–Crippen MR) is 67.5 cm³/mol. The fourth-order valence-electron chi connectivity index (χ4n) is 3.72. The molecule has 0 aromatic rings. The first kappa shape index (κ1) is 13.8. The Morgan fingerprint density at radius 2 is 1.84 bits per heavy atom. The molecule has 3 aliphatic rings. The Morgan fingerprint density at radius 1 is 1.11 bits per heavy atom. The molecule has 5 nitrogen and oxygen atoms in total. The third kappa shape index (κ3) is 2.21. The van der Waals surface area contributed by atoms with Gasteiger partial charge in [0.25, 0.3) is 0 Å². The van der Waals surface area contributed by atoms with E-state index >= 15 is 0 Å². The molecule has 0 aromatic carbocycles. The van der Waals surface area contributed by atoms with Gasteiger partial charge in [0.1, 0.15) is 5.60 Å². The molecule has 3 rings (SSSR count). The van der Waals surface area contributed by atoms with Crippen LogP contribution in [0.1, 0.15) is 40.5 Å². The van der Waals surface area contributed by atoms with E-state index in [9.17, 15) is 5.11 Å². The zero-order valence-electron chi connectivity index (χ0n) is 12.1. The van der Waals surface area contributed by atoms with E-state index in [2.05, 4.69) is 0 Å². The molecule has 0 aromatic heterocycles. The van der Waals surface area contributed by atoms with E-state index in [-0.39, 0.29) is 24.7 Å². The minimum absolute atomic E-state index is 0.0278. The molecular formula is C14H24O5. The monoisotopic (exact) mass is 272 g/mol. The van der Waals surface area contributed by atoms with Gasteiger partial charge in [-0.2, -0.15) is 0 Å². The number of hydrogen-bond acceptors (Lipinski definition) is 5. The Labute approximate surface area is 114 Å². The second-order valence-corrected chi connectivity index (χ2v) is 6.82. The Bertz CT molecular complexity index is 365. The van der Waals surface area contributed by atoms with E-state index in [0.29, 0.717) is 6.61 Å². The SMILES string of the molecule is CC1(C)O[C@@H]2[C@@H](CC[C@]3(COC(C)(C)O3)[C@H]2CO)O1. The van der Waals surface area contributed by atoms with Crippen LogP contribution in [0.4, 0.5) is 0 Å². The van der Waals surface area contributed by atoms with Gasteiger partial charge >= 0.3 is 0 Å². The normalized spacial score (nSPS) is 47.5. The Balaban J connectivity index is 1.86. The van der Waals surface area contributed by atoms with Crippen molar-refractivity contribution in [3.05, 3.63) is 0 Å². The first-order valence-corrected chi connectivity index (χ1v) is 7.08. The molecule has 0 radical (unpaired) electrons. The summed E-state index contributed by atoms with van der Waals surface area (Å²) in [6.07, 6.45) is 1.64. The lowest BCUT2D eigenvalue weighted by molar-refractivity contribution is -0.204. The molecule has 5 heteroatoms. The van der Waals surface area contributed by atoms with Gasteiger partial charge in [0.2, 0.25) is 0 Å². The molecule has 1 spiro atoms. The van der Waals surface area contributed by atoms with Gasteiger partial charge in [0, 0.05) is 5.92 Å². The van der Waals surface area contributed by atoms with Crippen molar-refractivity contribution in [3.63, 3.8) is 0 Å². The molecule has 110 valence electrons. The molecule has 0 amide bonds. The van der Waals surface area contributed by atoms with Gasteiger partial charge in [-0.15, -0.1) is 0 Å². The molecule has 2 heterocycles. The van der Waals surface area contributed by atoms with Gasteiger partial charge in [-0.25, -0.2) is 0 Å². The van der Waals surface area contributed by atoms with Crippen molar-refractivity contribution in [2.45, 2.75) is 69.9 Å². The van der Waals surface area contributed by atoms with Crippen molar-refractivity contribution in [2.75, 3.05) is 13.2 Å². The molecule has 2 saturated heterocycles. The van der Waals surface area contributed by atoms with Gasteiger partial charge in [0.05, 0.1) is 25.4 Å². The molecule has 0 unspecified atom stereocenters. The van der Waals surface area contributed by atoms with E-state index < -0.39 is 17.2 Å². The highest BCUT2D eigenvalue weighted by Crippen LogP contribution is 2.49. The van der Waals surface area contributed by atoms with E-state index in [1.165, 1.54) is 0 Å². The van der Waals surface area contributed by atoms with Crippen LogP contribution in [0.3, 0.4) is 0 Å². The largest absolute Gasteiger partial charge is 0.396 e. The number of aliphatic hydroxyl groups excluding tert-OH is 1. The van der Waals surface area contributed by atoms with Crippen molar-refractivity contribution in [1.82, 2.24) is 0 Å². The molecule has 1 saturated carbocycles. The first-order chi connectivity index (χ1) is 8.77. The number of aliphatic hydroxyl groups is 1. The first-order valence-electron chi connectivity index (χ1n) is 7.08. The second kappa shape index (κ2) is 4.15. The average Bonchev–Trinajstić information content (AvgIpc) is 2.75. The van der Waals surface area contributed by atoms with E-state index in [1.54, 1.807) is 0 Å². The summed E-state index contributed by atoms with van der Waals surface area (Å²) in [5.41, 5.74) is -0.441. The molecular weight excluding hydrogens is 248 g/mol. The highest BCUT2D eigenvalue weighted by Gasteiger charge is 2.60. The molecule has 1 aliphatic carbocycles. The van der Waals surface area contributed by atoms with Gasteiger partial charge in [-0.1, -0.05) is 0 Å². The van der Waals surface area contributed by atoms with E-state index in [0.717, 1.165) is 12.8 Å².